The van der Waals surface area contributed by atoms with E-state index in [0.717, 1.165) is 12.8 Å². The predicted octanol–water partition coefficient (Wildman–Crippen LogP) is 0.491. The van der Waals surface area contributed by atoms with Gasteiger partial charge >= 0.3 is 0 Å². The van der Waals surface area contributed by atoms with Crippen LogP contribution in [0.2, 0.25) is 0 Å². The maximum Gasteiger partial charge on any atom is 0.254 e. The molecule has 1 aliphatic carbocycles. The van der Waals surface area contributed by atoms with Crippen LogP contribution in [-0.4, -0.2) is 37.6 Å². The molecular weight excluding hydrogens is 258 g/mol. The molecule has 1 unspecified atom stereocenters. The minimum atomic E-state index is -0.695. The van der Waals surface area contributed by atoms with Crippen LogP contribution in [0, 0.1) is 0 Å². The Bertz CT molecular complexity index is 496. The Hall–Kier alpha value is -1.92. The number of carbonyl (C=O) groups is 2. The second-order valence-corrected chi connectivity index (χ2v) is 4.78. The van der Waals surface area contributed by atoms with Gasteiger partial charge < -0.3 is 21.1 Å². The predicted molar refractivity (Wildman–Crippen MR) is 75.4 cm³/mol. The summed E-state index contributed by atoms with van der Waals surface area (Å²) in [5.74, 6) is -0.444. The van der Waals surface area contributed by atoms with E-state index in [1.165, 1.54) is 7.11 Å². The molecule has 6 nitrogen and oxygen atoms in total. The number of anilines is 1. The average molecular weight is 277 g/mol. The standard InChI is InChI=1S/C14H19N3O3/c1-20-12(8-15)14(19)17-11-4-2-3-9(7-11)13(18)16-10-5-6-10/h2-4,7,10,12H,5-6,8,15H2,1H3,(H,16,18)(H,17,19). The molecule has 1 aromatic carbocycles. The molecule has 0 bridgehead atoms. The second kappa shape index (κ2) is 6.49. The Balaban J connectivity index is 2.01. The average Bonchev–Trinajstić information content (AvgIpc) is 3.24. The van der Waals surface area contributed by atoms with E-state index in [9.17, 15) is 9.59 Å². The van der Waals surface area contributed by atoms with Crippen molar-refractivity contribution in [3.63, 3.8) is 0 Å². The smallest absolute Gasteiger partial charge is 0.254 e. The van der Waals surface area contributed by atoms with E-state index in [1.54, 1.807) is 24.3 Å². The van der Waals surface area contributed by atoms with Crippen molar-refractivity contribution in [2.75, 3.05) is 19.0 Å². The van der Waals surface area contributed by atoms with Gasteiger partial charge in [0.2, 0.25) is 0 Å². The zero-order chi connectivity index (χ0) is 14.5. The molecular formula is C14H19N3O3. The van der Waals surface area contributed by atoms with Crippen LogP contribution in [0.3, 0.4) is 0 Å². The number of carbonyl (C=O) groups excluding carboxylic acids is 2. The Kier molecular flexibility index (Phi) is 4.70. The number of ether oxygens (including phenoxy) is 1. The highest BCUT2D eigenvalue weighted by atomic mass is 16.5. The fourth-order valence-electron chi connectivity index (χ4n) is 1.77. The van der Waals surface area contributed by atoms with Crippen LogP contribution in [0.5, 0.6) is 0 Å². The van der Waals surface area contributed by atoms with E-state index < -0.39 is 6.10 Å². The molecule has 0 aromatic heterocycles. The van der Waals surface area contributed by atoms with E-state index in [0.29, 0.717) is 17.3 Å². The summed E-state index contributed by atoms with van der Waals surface area (Å²) in [6.45, 7) is 0.101. The molecule has 4 N–H and O–H groups in total. The zero-order valence-electron chi connectivity index (χ0n) is 11.4. The van der Waals surface area contributed by atoms with Gasteiger partial charge in [-0.25, -0.2) is 0 Å². The van der Waals surface area contributed by atoms with Crippen molar-refractivity contribution in [2.45, 2.75) is 25.0 Å². The maximum absolute atomic E-state index is 11.9. The van der Waals surface area contributed by atoms with Crippen LogP contribution in [-0.2, 0) is 9.53 Å². The van der Waals surface area contributed by atoms with Crippen LogP contribution in [0.1, 0.15) is 23.2 Å². The quantitative estimate of drug-likeness (QED) is 0.705. The Morgan fingerprint density at radius 1 is 1.45 bits per heavy atom. The summed E-state index contributed by atoms with van der Waals surface area (Å²) in [5.41, 5.74) is 6.50. The van der Waals surface area contributed by atoms with Crippen LogP contribution >= 0.6 is 0 Å². The van der Waals surface area contributed by atoms with Gasteiger partial charge in [0.25, 0.3) is 11.8 Å². The van der Waals surface area contributed by atoms with Crippen molar-refractivity contribution in [2.24, 2.45) is 5.73 Å². The summed E-state index contributed by atoms with van der Waals surface area (Å²) in [6, 6.07) is 7.09. The van der Waals surface area contributed by atoms with Crippen molar-refractivity contribution < 1.29 is 14.3 Å². The van der Waals surface area contributed by atoms with Gasteiger partial charge in [-0.15, -0.1) is 0 Å². The third kappa shape index (κ3) is 3.79. The van der Waals surface area contributed by atoms with Gasteiger partial charge in [-0.2, -0.15) is 0 Å². The summed E-state index contributed by atoms with van der Waals surface area (Å²) in [6.07, 6.45) is 1.38. The number of hydrogen-bond donors (Lipinski definition) is 3. The second-order valence-electron chi connectivity index (χ2n) is 4.78. The molecule has 1 saturated carbocycles. The van der Waals surface area contributed by atoms with E-state index >= 15 is 0 Å². The molecule has 6 heteroatoms. The molecule has 1 fully saturated rings. The van der Waals surface area contributed by atoms with Gasteiger partial charge in [-0.3, -0.25) is 9.59 Å². The molecule has 1 atom stereocenters. The number of nitrogens with one attached hydrogen (secondary N) is 2. The summed E-state index contributed by atoms with van der Waals surface area (Å²) in [4.78, 5) is 23.7. The van der Waals surface area contributed by atoms with E-state index in [2.05, 4.69) is 10.6 Å². The van der Waals surface area contributed by atoms with Gasteiger partial charge in [0.15, 0.2) is 0 Å². The molecule has 2 amide bonds. The molecule has 0 aliphatic heterocycles. The third-order valence-electron chi connectivity index (χ3n) is 3.10. The van der Waals surface area contributed by atoms with Crippen molar-refractivity contribution in [3.05, 3.63) is 29.8 Å². The third-order valence-corrected chi connectivity index (χ3v) is 3.10. The minimum absolute atomic E-state index is 0.101. The lowest BCUT2D eigenvalue weighted by Gasteiger charge is -2.13. The zero-order valence-corrected chi connectivity index (χ0v) is 11.4. The van der Waals surface area contributed by atoms with Crippen molar-refractivity contribution in [3.8, 4) is 0 Å². The highest BCUT2D eigenvalue weighted by Crippen LogP contribution is 2.20. The molecule has 0 heterocycles. The van der Waals surface area contributed by atoms with Gasteiger partial charge in [-0.1, -0.05) is 6.07 Å². The molecule has 2 rings (SSSR count). The van der Waals surface area contributed by atoms with Crippen LogP contribution < -0.4 is 16.4 Å². The number of nitrogens with two attached hydrogens (primary N) is 1. The Morgan fingerprint density at radius 3 is 2.80 bits per heavy atom. The molecule has 108 valence electrons. The van der Waals surface area contributed by atoms with Crippen molar-refractivity contribution >= 4 is 17.5 Å². The summed E-state index contributed by atoms with van der Waals surface area (Å²) < 4.78 is 4.96. The van der Waals surface area contributed by atoms with Crippen molar-refractivity contribution in [1.29, 1.82) is 0 Å². The highest BCUT2D eigenvalue weighted by molar-refractivity contribution is 5.98. The Morgan fingerprint density at radius 2 is 2.20 bits per heavy atom. The first-order valence-electron chi connectivity index (χ1n) is 6.58. The monoisotopic (exact) mass is 277 g/mol. The van der Waals surface area contributed by atoms with Gasteiger partial charge in [0, 0.05) is 30.9 Å². The number of benzene rings is 1. The Labute approximate surface area is 117 Å². The lowest BCUT2D eigenvalue weighted by molar-refractivity contribution is -0.125. The van der Waals surface area contributed by atoms with E-state index in [4.69, 9.17) is 10.5 Å². The van der Waals surface area contributed by atoms with Crippen molar-refractivity contribution in [1.82, 2.24) is 5.32 Å². The van der Waals surface area contributed by atoms with Gasteiger partial charge in [-0.05, 0) is 31.0 Å². The lowest BCUT2D eigenvalue weighted by Crippen LogP contribution is -2.36. The fraction of sp³-hybridized carbons (Fsp3) is 0.429. The first kappa shape index (κ1) is 14.5. The molecule has 0 radical (unpaired) electrons. The number of hydrogen-bond acceptors (Lipinski definition) is 4. The van der Waals surface area contributed by atoms with Crippen LogP contribution in [0.4, 0.5) is 5.69 Å². The molecule has 20 heavy (non-hydrogen) atoms. The number of amides is 2. The van der Waals surface area contributed by atoms with Crippen LogP contribution in [0.15, 0.2) is 24.3 Å². The fourth-order valence-corrected chi connectivity index (χ4v) is 1.77. The number of rotatable bonds is 6. The first-order valence-corrected chi connectivity index (χ1v) is 6.58. The largest absolute Gasteiger partial charge is 0.370 e. The van der Waals surface area contributed by atoms with Gasteiger partial charge in [0.1, 0.15) is 6.10 Å². The molecule has 0 spiro atoms. The van der Waals surface area contributed by atoms with Crippen LogP contribution in [0.25, 0.3) is 0 Å². The molecule has 1 aliphatic rings. The maximum atomic E-state index is 11.9. The van der Waals surface area contributed by atoms with E-state index in [-0.39, 0.29) is 18.4 Å². The summed E-state index contributed by atoms with van der Waals surface area (Å²) >= 11 is 0. The number of methoxy groups -OCH3 is 1. The van der Waals surface area contributed by atoms with Gasteiger partial charge in [0.05, 0.1) is 0 Å². The minimum Gasteiger partial charge on any atom is -0.370 e. The summed E-state index contributed by atoms with van der Waals surface area (Å²) in [5, 5.41) is 5.58. The summed E-state index contributed by atoms with van der Waals surface area (Å²) in [7, 11) is 1.43. The van der Waals surface area contributed by atoms with E-state index in [1.807, 2.05) is 0 Å². The first-order chi connectivity index (χ1) is 9.63. The highest BCUT2D eigenvalue weighted by Gasteiger charge is 2.24. The SMILES string of the molecule is COC(CN)C(=O)Nc1cccc(C(=O)NC2CC2)c1. The molecule has 1 aromatic rings. The normalized spacial score (nSPS) is 15.5. The topological polar surface area (TPSA) is 93.4 Å². The lowest BCUT2D eigenvalue weighted by atomic mass is 10.2. The molecule has 0 saturated heterocycles.